The molecule has 2 saturated carbocycles. The first-order valence-corrected chi connectivity index (χ1v) is 23.1. The molecule has 3 N–H and O–H groups in total. The van der Waals surface area contributed by atoms with Crippen LogP contribution in [0.25, 0.3) is 22.3 Å². The summed E-state index contributed by atoms with van der Waals surface area (Å²) in [5.74, 6) is -10.7. The van der Waals surface area contributed by atoms with Crippen LogP contribution in [0.1, 0.15) is 104 Å². The molecule has 2 aliphatic carbocycles. The van der Waals surface area contributed by atoms with Gasteiger partial charge in [-0.1, -0.05) is 52.0 Å². The smallest absolute Gasteiger partial charge is 0.391 e. The number of amides is 2. The van der Waals surface area contributed by atoms with Gasteiger partial charge in [0, 0.05) is 65.8 Å². The molecule has 2 aromatic carbocycles. The third kappa shape index (κ3) is 12.8. The Morgan fingerprint density at radius 3 is 1.67 bits per heavy atom. The predicted molar refractivity (Wildman–Crippen MR) is 239 cm³/mol. The number of benzene rings is 2. The van der Waals surface area contributed by atoms with Crippen LogP contribution in [-0.2, 0) is 32.1 Å². The molecule has 6 rings (SSSR count). The SMILES string of the molecule is CC1(C(=O)C[C@H](C(=O)NN(Cc2c(F)cc(-c3cnn(C(F)F)c3)cc2F)C[C@H](O)[C@@H](CC(=O)[C@@H](NC(=O)C2(C)CC2)C(C)(C)C(F)(F)F)Cc2ccc(-c3cnn(C(F)F)c3)cc2)C(C)(C)C(F)(F)F)CC1. The van der Waals surface area contributed by atoms with Gasteiger partial charge in [-0.25, -0.2) is 23.2 Å². The summed E-state index contributed by atoms with van der Waals surface area (Å²) < 4.78 is 174. The van der Waals surface area contributed by atoms with E-state index in [1.807, 2.05) is 0 Å². The standard InChI is InChI=1S/C49H55F12N7O5/c1-44(2,48(56,57)58)33(19-38(71)46(5)11-12-46)40(72)65-66(24-32-34(50)16-28(17-35(32)51)31-21-63-68(23-31)43(54)55)25-37(70)29(15-26-7-9-27(10-8-26)30-20-62-67(22-30)42(52)53)18-36(69)39(45(3,4)49(59,60)61)64-41(73)47(6)13-14-47/h7-10,16-17,20-23,29,33,37,39,42-43,70H,11-15,18-19,24-25H2,1-6H3,(H,64,73)(H,65,72)/t29-,33-,37+,39-/m1/s1. The Morgan fingerprint density at radius 2 is 1.22 bits per heavy atom. The summed E-state index contributed by atoms with van der Waals surface area (Å²) in [6.45, 7) is -2.45. The number of ketones is 2. The summed E-state index contributed by atoms with van der Waals surface area (Å²) in [5, 5.41) is 22.1. The minimum Gasteiger partial charge on any atom is -0.391 e. The molecule has 2 fully saturated rings. The summed E-state index contributed by atoms with van der Waals surface area (Å²) in [5.41, 5.74) is -6.17. The van der Waals surface area contributed by atoms with E-state index < -0.39 is 144 Å². The molecule has 2 heterocycles. The van der Waals surface area contributed by atoms with Crippen molar-refractivity contribution in [3.63, 3.8) is 0 Å². The highest BCUT2D eigenvalue weighted by Crippen LogP contribution is 2.51. The van der Waals surface area contributed by atoms with Gasteiger partial charge >= 0.3 is 25.5 Å². The molecule has 4 aromatic rings. The highest BCUT2D eigenvalue weighted by atomic mass is 19.4. The van der Waals surface area contributed by atoms with Crippen molar-refractivity contribution in [1.82, 2.24) is 35.3 Å². The number of halogens is 12. The Morgan fingerprint density at radius 1 is 0.726 bits per heavy atom. The largest absolute Gasteiger partial charge is 0.396 e. The van der Waals surface area contributed by atoms with Gasteiger partial charge in [-0.15, -0.1) is 0 Å². The number of aliphatic hydroxyl groups excluding tert-OH is 1. The Kier molecular flexibility index (Phi) is 16.1. The minimum atomic E-state index is -5.12. The van der Waals surface area contributed by atoms with Crippen molar-refractivity contribution >= 4 is 23.4 Å². The van der Waals surface area contributed by atoms with Crippen molar-refractivity contribution < 1.29 is 77.0 Å². The fourth-order valence-corrected chi connectivity index (χ4v) is 8.23. The van der Waals surface area contributed by atoms with E-state index in [1.54, 1.807) is 0 Å². The molecule has 4 atom stereocenters. The molecule has 0 aliphatic heterocycles. The number of rotatable bonds is 23. The van der Waals surface area contributed by atoms with Crippen LogP contribution < -0.4 is 10.7 Å². The van der Waals surface area contributed by atoms with E-state index in [0.717, 1.165) is 36.9 Å². The maximum atomic E-state index is 16.1. The van der Waals surface area contributed by atoms with Gasteiger partial charge in [0.15, 0.2) is 5.78 Å². The highest BCUT2D eigenvalue weighted by molar-refractivity contribution is 5.93. The van der Waals surface area contributed by atoms with E-state index in [-0.39, 0.29) is 26.9 Å². The third-order valence-corrected chi connectivity index (χ3v) is 14.5. The number of carbonyl (C=O) groups excluding carboxylic acids is 4. The number of hydrogen-bond donors (Lipinski definition) is 3. The van der Waals surface area contributed by atoms with E-state index in [2.05, 4.69) is 20.9 Å². The van der Waals surface area contributed by atoms with Gasteiger partial charge in [-0.05, 0) is 80.7 Å². The fraction of sp³-hybridized carbons (Fsp3) is 0.551. The third-order valence-electron chi connectivity index (χ3n) is 14.5. The molecule has 24 heteroatoms. The number of aliphatic hydroxyl groups is 1. The van der Waals surface area contributed by atoms with Gasteiger partial charge in [0.1, 0.15) is 23.5 Å². The lowest BCUT2D eigenvalue weighted by Gasteiger charge is -2.38. The van der Waals surface area contributed by atoms with Gasteiger partial charge in [0.2, 0.25) is 11.8 Å². The van der Waals surface area contributed by atoms with Gasteiger partial charge in [-0.2, -0.15) is 54.1 Å². The summed E-state index contributed by atoms with van der Waals surface area (Å²) in [6.07, 6.45) is -9.34. The van der Waals surface area contributed by atoms with Crippen LogP contribution in [0.3, 0.4) is 0 Å². The number of carbonyl (C=O) groups is 4. The molecule has 73 heavy (non-hydrogen) atoms. The molecule has 400 valence electrons. The number of aromatic nitrogens is 4. The highest BCUT2D eigenvalue weighted by Gasteiger charge is 2.58. The van der Waals surface area contributed by atoms with Gasteiger partial charge in [-0.3, -0.25) is 24.6 Å². The maximum Gasteiger partial charge on any atom is 0.396 e. The summed E-state index contributed by atoms with van der Waals surface area (Å²) in [7, 11) is 0. The first-order valence-electron chi connectivity index (χ1n) is 23.1. The van der Waals surface area contributed by atoms with Crippen LogP contribution in [0.15, 0.2) is 61.2 Å². The monoisotopic (exact) mass is 1050 g/mol. The molecule has 0 radical (unpaired) electrons. The van der Waals surface area contributed by atoms with Crippen LogP contribution in [-0.4, -0.2) is 84.1 Å². The number of Topliss-reactive ketones (excluding diaryl/α,β-unsaturated/α-hetero) is 2. The number of nitrogens with zero attached hydrogens (tertiary/aromatic N) is 5. The molecule has 0 spiro atoms. The summed E-state index contributed by atoms with van der Waals surface area (Å²) in [6, 6.07) is 4.96. The number of alkyl halides is 10. The lowest BCUT2D eigenvalue weighted by molar-refractivity contribution is -0.230. The molecule has 0 saturated heterocycles. The Balaban J connectivity index is 1.40. The molecule has 2 aliphatic rings. The number of hydrazine groups is 1. The van der Waals surface area contributed by atoms with E-state index in [1.165, 1.54) is 38.1 Å². The molecule has 2 aromatic heterocycles. The second-order valence-electron chi connectivity index (χ2n) is 20.8. The van der Waals surface area contributed by atoms with Crippen molar-refractivity contribution in [2.45, 2.75) is 131 Å². The number of nitrogens with one attached hydrogen (secondary N) is 2. The van der Waals surface area contributed by atoms with Crippen LogP contribution >= 0.6 is 0 Å². The van der Waals surface area contributed by atoms with Crippen molar-refractivity contribution in [3.8, 4) is 22.3 Å². The Labute approximate surface area is 411 Å². The second-order valence-corrected chi connectivity index (χ2v) is 20.8. The summed E-state index contributed by atoms with van der Waals surface area (Å²) >= 11 is 0. The topological polar surface area (TPSA) is 151 Å². The van der Waals surface area contributed by atoms with Crippen molar-refractivity contribution in [2.75, 3.05) is 6.54 Å². The van der Waals surface area contributed by atoms with Crippen molar-refractivity contribution in [2.24, 2.45) is 33.5 Å². The number of hydrogen-bond acceptors (Lipinski definition) is 8. The molecule has 0 unspecified atom stereocenters. The molecule has 12 nitrogen and oxygen atoms in total. The first-order chi connectivity index (χ1) is 33.7. The van der Waals surface area contributed by atoms with Crippen LogP contribution in [0.4, 0.5) is 52.7 Å². The lowest BCUT2D eigenvalue weighted by atomic mass is 9.73. The molecular weight excluding hydrogens is 995 g/mol. The lowest BCUT2D eigenvalue weighted by Crippen LogP contribution is -2.58. The molecule has 2 amide bonds. The molecular formula is C49H55F12N7O5. The summed E-state index contributed by atoms with van der Waals surface area (Å²) in [4.78, 5) is 55.3. The van der Waals surface area contributed by atoms with Crippen molar-refractivity contribution in [1.29, 1.82) is 0 Å². The zero-order valence-corrected chi connectivity index (χ0v) is 40.5. The van der Waals surface area contributed by atoms with Gasteiger partial charge < -0.3 is 10.4 Å². The van der Waals surface area contributed by atoms with Gasteiger partial charge in [0.25, 0.3) is 0 Å². The normalized spacial score (nSPS) is 17.3. The average Bonchev–Trinajstić information content (AvgIpc) is 4.06. The van der Waals surface area contributed by atoms with Crippen molar-refractivity contribution in [3.05, 3.63) is 83.9 Å². The van der Waals surface area contributed by atoms with Crippen LogP contribution in [0.2, 0.25) is 0 Å². The Hall–Kier alpha value is -5.78. The van der Waals surface area contributed by atoms with E-state index in [4.69, 9.17) is 0 Å². The second kappa shape index (κ2) is 20.9. The fourth-order valence-electron chi connectivity index (χ4n) is 8.23. The van der Waals surface area contributed by atoms with Gasteiger partial charge in [0.05, 0.1) is 35.2 Å². The van der Waals surface area contributed by atoms with E-state index in [0.29, 0.717) is 68.6 Å². The average molecular weight is 1050 g/mol. The van der Waals surface area contributed by atoms with E-state index in [9.17, 15) is 68.2 Å². The minimum absolute atomic E-state index is 0.158. The zero-order chi connectivity index (χ0) is 54.4. The van der Waals surface area contributed by atoms with Crippen LogP contribution in [0.5, 0.6) is 0 Å². The Bertz CT molecular complexity index is 2630. The quantitative estimate of drug-likeness (QED) is 0.0491. The molecule has 0 bridgehead atoms. The maximum absolute atomic E-state index is 16.1. The predicted octanol–water partition coefficient (Wildman–Crippen LogP) is 10.3. The van der Waals surface area contributed by atoms with Crippen LogP contribution in [0, 0.1) is 45.1 Å². The van der Waals surface area contributed by atoms with E-state index >= 15 is 8.78 Å². The zero-order valence-electron chi connectivity index (χ0n) is 40.5. The first kappa shape index (κ1) is 56.5.